The lowest BCUT2D eigenvalue weighted by molar-refractivity contribution is 0.332. The Balaban J connectivity index is 1.10. The largest absolute Gasteiger partial charge is 0.456 e. The molecule has 3 aromatic heterocycles. The zero-order chi connectivity index (χ0) is 40.3. The van der Waals surface area contributed by atoms with E-state index in [0.717, 1.165) is 50.7 Å². The molecule has 288 valence electrons. The number of nitrogens with zero attached hydrogens (tertiary/aromatic N) is 4. The van der Waals surface area contributed by atoms with Crippen molar-refractivity contribution in [3.63, 3.8) is 0 Å². The van der Waals surface area contributed by atoms with Gasteiger partial charge in [0.15, 0.2) is 17.5 Å². The quantitative estimate of drug-likeness (QED) is 0.167. The van der Waals surface area contributed by atoms with E-state index >= 15 is 0 Å². The molecule has 0 saturated carbocycles. The molecule has 0 unspecified atom stereocenters. The molecule has 0 radical (unpaired) electrons. The Hall–Kier alpha value is -7.11. The third-order valence-electron chi connectivity index (χ3n) is 13.3. The van der Waals surface area contributed by atoms with E-state index in [1.54, 1.807) is 0 Å². The van der Waals surface area contributed by atoms with Gasteiger partial charge in [-0.15, -0.1) is 0 Å². The average Bonchev–Trinajstić information content (AvgIpc) is 3.84. The summed E-state index contributed by atoms with van der Waals surface area (Å²) in [6.45, 7) is 9.68. The first-order valence-corrected chi connectivity index (χ1v) is 21.0. The number of benzene rings is 8. The first kappa shape index (κ1) is 34.9. The van der Waals surface area contributed by atoms with Crippen molar-refractivity contribution in [1.29, 1.82) is 0 Å². The van der Waals surface area contributed by atoms with Crippen molar-refractivity contribution in [3.05, 3.63) is 169 Å². The van der Waals surface area contributed by atoms with Crippen LogP contribution < -0.4 is 0 Å². The van der Waals surface area contributed by atoms with Gasteiger partial charge < -0.3 is 8.98 Å². The highest BCUT2D eigenvalue weighted by Crippen LogP contribution is 2.50. The van der Waals surface area contributed by atoms with Gasteiger partial charge in [0.05, 0.1) is 11.0 Å². The van der Waals surface area contributed by atoms with Gasteiger partial charge in [0.1, 0.15) is 11.2 Å². The first-order chi connectivity index (χ1) is 29.2. The van der Waals surface area contributed by atoms with Crippen LogP contribution in [0.1, 0.15) is 51.7 Å². The van der Waals surface area contributed by atoms with E-state index in [1.165, 1.54) is 60.9 Å². The topological polar surface area (TPSA) is 56.7 Å². The van der Waals surface area contributed by atoms with Crippen LogP contribution in [0.15, 0.2) is 162 Å². The summed E-state index contributed by atoms with van der Waals surface area (Å²) in [5.74, 6) is 1.85. The standard InChI is InChI=1S/C55H42N4O/c1-54(2)29-30-55(3,4)44-32-45-42(31-43(44)54)49-38-19-10-8-17-36(38)37-18-9-11-20-39(37)50(49)59(45)35-27-25-34(26-28-35)52-56-51(33-15-6-5-7-16-33)57-53(58-52)41-22-14-24-47-48(41)40-21-12-13-23-46(40)60-47/h5-28,31-32H,29-30H2,1-4H3. The summed E-state index contributed by atoms with van der Waals surface area (Å²) >= 11 is 0. The summed E-state index contributed by atoms with van der Waals surface area (Å²) in [5.41, 5.74) is 11.0. The third-order valence-corrected chi connectivity index (χ3v) is 13.3. The van der Waals surface area contributed by atoms with E-state index in [0.29, 0.717) is 17.5 Å². The summed E-state index contributed by atoms with van der Waals surface area (Å²) in [6, 6.07) is 56.1. The van der Waals surface area contributed by atoms with Crippen LogP contribution in [0.3, 0.4) is 0 Å². The molecule has 0 fully saturated rings. The highest BCUT2D eigenvalue weighted by atomic mass is 16.3. The molecule has 0 bridgehead atoms. The molecule has 0 spiro atoms. The summed E-state index contributed by atoms with van der Waals surface area (Å²) in [5, 5.41) is 9.72. The third kappa shape index (κ3) is 5.15. The van der Waals surface area contributed by atoms with Crippen molar-refractivity contribution < 1.29 is 4.42 Å². The molecule has 0 amide bonds. The molecule has 5 heteroatoms. The second-order valence-electron chi connectivity index (χ2n) is 17.8. The predicted octanol–water partition coefficient (Wildman–Crippen LogP) is 14.5. The minimum absolute atomic E-state index is 0.0637. The van der Waals surface area contributed by atoms with Crippen molar-refractivity contribution in [2.45, 2.75) is 51.4 Å². The van der Waals surface area contributed by atoms with Gasteiger partial charge in [0.2, 0.25) is 0 Å². The van der Waals surface area contributed by atoms with Gasteiger partial charge in [0.25, 0.3) is 0 Å². The zero-order valence-electron chi connectivity index (χ0n) is 34.1. The summed E-state index contributed by atoms with van der Waals surface area (Å²) in [4.78, 5) is 15.4. The molecule has 3 heterocycles. The van der Waals surface area contributed by atoms with Gasteiger partial charge >= 0.3 is 0 Å². The van der Waals surface area contributed by atoms with Crippen LogP contribution in [0.25, 0.3) is 105 Å². The highest BCUT2D eigenvalue weighted by molar-refractivity contribution is 6.32. The Kier molecular flexibility index (Phi) is 7.38. The van der Waals surface area contributed by atoms with Crippen LogP contribution in [0.4, 0.5) is 0 Å². The molecular formula is C55H42N4O. The smallest absolute Gasteiger partial charge is 0.164 e. The lowest BCUT2D eigenvalue weighted by Crippen LogP contribution is -2.33. The Morgan fingerprint density at radius 1 is 0.450 bits per heavy atom. The highest BCUT2D eigenvalue weighted by Gasteiger charge is 2.38. The molecule has 1 aliphatic carbocycles. The number of aromatic nitrogens is 4. The van der Waals surface area contributed by atoms with E-state index in [1.807, 2.05) is 48.5 Å². The van der Waals surface area contributed by atoms with Gasteiger partial charge in [-0.3, -0.25) is 0 Å². The predicted molar refractivity (Wildman–Crippen MR) is 248 cm³/mol. The normalized spacial score (nSPS) is 14.8. The number of furan rings is 1. The van der Waals surface area contributed by atoms with Gasteiger partial charge in [0, 0.05) is 49.3 Å². The molecular weight excluding hydrogens is 733 g/mol. The summed E-state index contributed by atoms with van der Waals surface area (Å²) < 4.78 is 8.80. The maximum absolute atomic E-state index is 6.28. The fourth-order valence-electron chi connectivity index (χ4n) is 10.1. The van der Waals surface area contributed by atoms with E-state index in [2.05, 4.69) is 141 Å². The van der Waals surface area contributed by atoms with Gasteiger partial charge in [-0.05, 0) is 99.5 Å². The minimum Gasteiger partial charge on any atom is -0.456 e. The molecule has 0 N–H and O–H groups in total. The van der Waals surface area contributed by atoms with E-state index < -0.39 is 0 Å². The monoisotopic (exact) mass is 774 g/mol. The Bertz CT molecular complexity index is 3540. The minimum atomic E-state index is 0.0637. The lowest BCUT2D eigenvalue weighted by Gasteiger charge is -2.42. The van der Waals surface area contributed by atoms with Gasteiger partial charge in [-0.1, -0.05) is 137 Å². The molecule has 0 aliphatic heterocycles. The Morgan fingerprint density at radius 2 is 1.00 bits per heavy atom. The van der Waals surface area contributed by atoms with Gasteiger partial charge in [-0.25, -0.2) is 15.0 Å². The van der Waals surface area contributed by atoms with Crippen LogP contribution in [0.5, 0.6) is 0 Å². The fourth-order valence-corrected chi connectivity index (χ4v) is 10.1. The van der Waals surface area contributed by atoms with Crippen molar-refractivity contribution >= 4 is 65.3 Å². The maximum atomic E-state index is 6.28. The zero-order valence-corrected chi connectivity index (χ0v) is 34.1. The van der Waals surface area contributed by atoms with Crippen LogP contribution in [-0.4, -0.2) is 19.5 Å². The maximum Gasteiger partial charge on any atom is 0.164 e. The molecule has 1 aliphatic rings. The van der Waals surface area contributed by atoms with E-state index in [9.17, 15) is 0 Å². The number of para-hydroxylation sites is 1. The van der Waals surface area contributed by atoms with E-state index in [4.69, 9.17) is 19.4 Å². The van der Waals surface area contributed by atoms with Crippen LogP contribution in [0, 0.1) is 0 Å². The van der Waals surface area contributed by atoms with E-state index in [-0.39, 0.29) is 10.8 Å². The van der Waals surface area contributed by atoms with Gasteiger partial charge in [-0.2, -0.15) is 0 Å². The Morgan fingerprint density at radius 3 is 1.72 bits per heavy atom. The molecule has 0 atom stereocenters. The SMILES string of the molecule is CC1(C)CCC(C)(C)c2cc3c(cc21)c1c2ccccc2c2ccccc2c1n3-c1ccc(-c2nc(-c3ccccc3)nc(-c3cccc4oc5ccccc5c34)n2)cc1. The molecule has 60 heavy (non-hydrogen) atoms. The second-order valence-corrected chi connectivity index (χ2v) is 17.8. The Labute approximate surface area is 348 Å². The lowest BCUT2D eigenvalue weighted by atomic mass is 9.63. The molecule has 11 aromatic rings. The summed E-state index contributed by atoms with van der Waals surface area (Å²) in [7, 11) is 0. The number of rotatable bonds is 4. The van der Waals surface area contributed by atoms with Crippen LogP contribution >= 0.6 is 0 Å². The number of hydrogen-bond donors (Lipinski definition) is 0. The second kappa shape index (κ2) is 12.7. The average molecular weight is 775 g/mol. The molecule has 8 aromatic carbocycles. The molecule has 5 nitrogen and oxygen atoms in total. The van der Waals surface area contributed by atoms with Crippen LogP contribution in [0.2, 0.25) is 0 Å². The molecule has 0 saturated heterocycles. The molecule has 12 rings (SSSR count). The first-order valence-electron chi connectivity index (χ1n) is 21.0. The van der Waals surface area contributed by atoms with Crippen LogP contribution in [-0.2, 0) is 10.8 Å². The number of fused-ring (bicyclic) bond motifs is 12. The van der Waals surface area contributed by atoms with Crippen molar-refractivity contribution in [2.24, 2.45) is 0 Å². The van der Waals surface area contributed by atoms with Crippen molar-refractivity contribution in [3.8, 4) is 39.9 Å². The van der Waals surface area contributed by atoms with Crippen molar-refractivity contribution in [1.82, 2.24) is 19.5 Å². The van der Waals surface area contributed by atoms with Crippen molar-refractivity contribution in [2.75, 3.05) is 0 Å². The summed E-state index contributed by atoms with van der Waals surface area (Å²) in [6.07, 6.45) is 2.32. The number of hydrogen-bond acceptors (Lipinski definition) is 4. The fraction of sp³-hybridized carbons (Fsp3) is 0.145.